The molecule has 1 aliphatic heterocycles. The van der Waals surface area contributed by atoms with Crippen LogP contribution in [0.2, 0.25) is 0 Å². The highest BCUT2D eigenvalue weighted by Crippen LogP contribution is 2.29. The first-order valence-corrected chi connectivity index (χ1v) is 6.98. The van der Waals surface area contributed by atoms with E-state index in [9.17, 15) is 8.78 Å². The zero-order valence-electron chi connectivity index (χ0n) is 10.5. The molecule has 0 spiro atoms. The van der Waals surface area contributed by atoms with Crippen LogP contribution in [0.3, 0.4) is 0 Å². The summed E-state index contributed by atoms with van der Waals surface area (Å²) in [5, 5.41) is 0.440. The van der Waals surface area contributed by atoms with Crippen LogP contribution in [0.15, 0.2) is 12.1 Å². The Morgan fingerprint density at radius 3 is 2.44 bits per heavy atom. The average Bonchev–Trinajstić information content (AvgIpc) is 2.26. The maximum Gasteiger partial charge on any atom is 0.149 e. The van der Waals surface area contributed by atoms with Crippen molar-refractivity contribution in [2.24, 2.45) is 0 Å². The van der Waals surface area contributed by atoms with Crippen LogP contribution < -0.4 is 4.90 Å². The summed E-state index contributed by atoms with van der Waals surface area (Å²) in [7, 11) is 0. The maximum absolute atomic E-state index is 14.0. The lowest BCUT2D eigenvalue weighted by Crippen LogP contribution is -2.49. The number of rotatable bonds is 2. The fourth-order valence-corrected chi connectivity index (χ4v) is 2.53. The Bertz CT molecular complexity index is 428. The maximum atomic E-state index is 14.0. The summed E-state index contributed by atoms with van der Waals surface area (Å²) in [6, 6.07) is 2.74. The first kappa shape index (κ1) is 13.7. The van der Waals surface area contributed by atoms with Gasteiger partial charge >= 0.3 is 0 Å². The van der Waals surface area contributed by atoms with Crippen LogP contribution in [0.1, 0.15) is 19.4 Å². The molecule has 0 unspecified atom stereocenters. The van der Waals surface area contributed by atoms with E-state index in [1.807, 2.05) is 13.8 Å². The molecule has 0 bridgehead atoms. The summed E-state index contributed by atoms with van der Waals surface area (Å²) < 4.78 is 33.5. The number of halogens is 3. The minimum atomic E-state index is -0.512. The summed E-state index contributed by atoms with van der Waals surface area (Å²) in [6.07, 6.45) is 0. The Morgan fingerprint density at radius 1 is 1.33 bits per heavy atom. The van der Waals surface area contributed by atoms with Crippen LogP contribution in [0.25, 0.3) is 0 Å². The predicted octanol–water partition coefficient (Wildman–Crippen LogP) is 3.47. The Kier molecular flexibility index (Phi) is 3.92. The van der Waals surface area contributed by atoms with Crippen molar-refractivity contribution in [3.63, 3.8) is 0 Å². The zero-order chi connectivity index (χ0) is 13.3. The number of ether oxygens (including phenoxy) is 1. The highest BCUT2D eigenvalue weighted by atomic mass is 79.9. The molecule has 100 valence electrons. The van der Waals surface area contributed by atoms with E-state index in [1.54, 1.807) is 4.90 Å². The molecule has 1 fully saturated rings. The summed E-state index contributed by atoms with van der Waals surface area (Å²) in [6.45, 7) is 5.30. The van der Waals surface area contributed by atoms with Gasteiger partial charge in [-0.15, -0.1) is 0 Å². The van der Waals surface area contributed by atoms with Gasteiger partial charge in [0.2, 0.25) is 0 Å². The van der Waals surface area contributed by atoms with Crippen molar-refractivity contribution in [1.82, 2.24) is 0 Å². The van der Waals surface area contributed by atoms with E-state index in [1.165, 1.54) is 12.1 Å². The van der Waals surface area contributed by atoms with Gasteiger partial charge in [-0.25, -0.2) is 8.78 Å². The zero-order valence-corrected chi connectivity index (χ0v) is 12.1. The number of alkyl halides is 1. The van der Waals surface area contributed by atoms with Crippen LogP contribution >= 0.6 is 15.9 Å². The molecule has 0 aromatic heterocycles. The molecular weight excluding hydrogens is 304 g/mol. The smallest absolute Gasteiger partial charge is 0.149 e. The molecule has 0 saturated carbocycles. The van der Waals surface area contributed by atoms with Gasteiger partial charge in [0, 0.05) is 18.4 Å². The molecule has 0 atom stereocenters. The second-order valence-corrected chi connectivity index (χ2v) is 5.63. The van der Waals surface area contributed by atoms with Gasteiger partial charge in [-0.05, 0) is 31.5 Å². The third-order valence-electron chi connectivity index (χ3n) is 2.97. The molecule has 0 aliphatic carbocycles. The number of anilines is 1. The van der Waals surface area contributed by atoms with Crippen molar-refractivity contribution in [2.45, 2.75) is 24.8 Å². The van der Waals surface area contributed by atoms with Gasteiger partial charge in [-0.1, -0.05) is 15.9 Å². The van der Waals surface area contributed by atoms with Crippen LogP contribution in [0.4, 0.5) is 14.5 Å². The fourth-order valence-electron chi connectivity index (χ4n) is 2.20. The molecule has 1 saturated heterocycles. The van der Waals surface area contributed by atoms with Crippen LogP contribution in [-0.4, -0.2) is 25.3 Å². The second kappa shape index (κ2) is 5.13. The minimum Gasteiger partial charge on any atom is -0.372 e. The third-order valence-corrected chi connectivity index (χ3v) is 3.62. The van der Waals surface area contributed by atoms with Gasteiger partial charge in [-0.2, -0.15) is 0 Å². The molecule has 1 aromatic carbocycles. The summed E-state index contributed by atoms with van der Waals surface area (Å²) >= 11 is 3.20. The molecule has 1 heterocycles. The predicted molar refractivity (Wildman–Crippen MR) is 71.2 cm³/mol. The van der Waals surface area contributed by atoms with Crippen molar-refractivity contribution in [1.29, 1.82) is 0 Å². The number of hydrogen-bond donors (Lipinski definition) is 0. The molecule has 2 nitrogen and oxygen atoms in total. The highest BCUT2D eigenvalue weighted by Gasteiger charge is 2.30. The van der Waals surface area contributed by atoms with Crippen molar-refractivity contribution < 1.29 is 13.5 Å². The highest BCUT2D eigenvalue weighted by molar-refractivity contribution is 9.08. The van der Waals surface area contributed by atoms with Crippen LogP contribution in [-0.2, 0) is 10.1 Å². The van der Waals surface area contributed by atoms with Crippen molar-refractivity contribution in [3.05, 3.63) is 29.3 Å². The van der Waals surface area contributed by atoms with E-state index in [0.29, 0.717) is 30.6 Å². The molecule has 0 amide bonds. The molecule has 18 heavy (non-hydrogen) atoms. The topological polar surface area (TPSA) is 12.5 Å². The van der Waals surface area contributed by atoms with Crippen LogP contribution in [0, 0.1) is 11.6 Å². The minimum absolute atomic E-state index is 0.0519. The van der Waals surface area contributed by atoms with Crippen LogP contribution in [0.5, 0.6) is 0 Å². The standard InChI is InChI=1S/C13H16BrF2NO/c1-13(2)8-17(3-4-18-13)12-10(15)5-9(7-14)6-11(12)16/h5-6H,3-4,7-8H2,1-2H3. The molecule has 5 heteroatoms. The second-order valence-electron chi connectivity index (χ2n) is 5.07. The average molecular weight is 320 g/mol. The lowest BCUT2D eigenvalue weighted by atomic mass is 10.1. The normalized spacial score (nSPS) is 19.1. The molecule has 2 rings (SSSR count). The molecular formula is C13H16BrF2NO. The van der Waals surface area contributed by atoms with E-state index in [2.05, 4.69) is 15.9 Å². The van der Waals surface area contributed by atoms with E-state index < -0.39 is 11.6 Å². The number of morpholine rings is 1. The summed E-state index contributed by atoms with van der Waals surface area (Å²) in [5.41, 5.74) is 0.267. The van der Waals surface area contributed by atoms with Gasteiger partial charge in [0.15, 0.2) is 0 Å². The van der Waals surface area contributed by atoms with Crippen molar-refractivity contribution in [3.8, 4) is 0 Å². The van der Waals surface area contributed by atoms with E-state index in [-0.39, 0.29) is 11.3 Å². The number of nitrogens with zero attached hydrogens (tertiary/aromatic N) is 1. The first-order valence-electron chi connectivity index (χ1n) is 5.86. The van der Waals surface area contributed by atoms with Gasteiger partial charge in [0.1, 0.15) is 17.3 Å². The monoisotopic (exact) mass is 319 g/mol. The Morgan fingerprint density at radius 2 is 1.94 bits per heavy atom. The lowest BCUT2D eigenvalue weighted by molar-refractivity contribution is -0.0280. The number of benzene rings is 1. The van der Waals surface area contributed by atoms with Crippen molar-refractivity contribution >= 4 is 21.6 Å². The summed E-state index contributed by atoms with van der Waals surface area (Å²) in [5.74, 6) is -1.02. The van der Waals surface area contributed by atoms with Gasteiger partial charge in [-0.3, -0.25) is 0 Å². The molecule has 0 radical (unpaired) electrons. The SMILES string of the molecule is CC1(C)CN(c2c(F)cc(CBr)cc2F)CCO1. The molecule has 1 aliphatic rings. The van der Waals surface area contributed by atoms with Crippen molar-refractivity contribution in [2.75, 3.05) is 24.6 Å². The van der Waals surface area contributed by atoms with E-state index in [0.717, 1.165) is 0 Å². The van der Waals surface area contributed by atoms with Gasteiger partial charge in [0.25, 0.3) is 0 Å². The Labute approximate surface area is 114 Å². The first-order chi connectivity index (χ1) is 8.43. The van der Waals surface area contributed by atoms with Gasteiger partial charge < -0.3 is 9.64 Å². The fraction of sp³-hybridized carbons (Fsp3) is 0.538. The third kappa shape index (κ3) is 2.83. The van der Waals surface area contributed by atoms with E-state index in [4.69, 9.17) is 4.74 Å². The Hall–Kier alpha value is -0.680. The lowest BCUT2D eigenvalue weighted by Gasteiger charge is -2.39. The van der Waals surface area contributed by atoms with E-state index >= 15 is 0 Å². The Balaban J connectivity index is 2.33. The molecule has 1 aromatic rings. The molecule has 0 N–H and O–H groups in total. The number of hydrogen-bond acceptors (Lipinski definition) is 2. The largest absolute Gasteiger partial charge is 0.372 e. The van der Waals surface area contributed by atoms with Gasteiger partial charge in [0.05, 0.1) is 12.2 Å². The summed E-state index contributed by atoms with van der Waals surface area (Å²) in [4.78, 5) is 1.71. The quantitative estimate of drug-likeness (QED) is 0.774.